The van der Waals surface area contributed by atoms with Crippen molar-refractivity contribution in [2.24, 2.45) is 0 Å². The number of nitrogens with zero attached hydrogens (tertiary/aromatic N) is 3. The number of benzene rings is 2. The Bertz CT molecular complexity index is 806. The summed E-state index contributed by atoms with van der Waals surface area (Å²) in [5, 5.41) is 13.0. The van der Waals surface area contributed by atoms with Crippen molar-refractivity contribution in [2.75, 3.05) is 36.4 Å². The van der Waals surface area contributed by atoms with E-state index in [0.29, 0.717) is 47.5 Å². The molecule has 0 aromatic heterocycles. The Kier molecular flexibility index (Phi) is 5.32. The van der Waals surface area contributed by atoms with Crippen molar-refractivity contribution >= 4 is 40.6 Å². The van der Waals surface area contributed by atoms with Crippen LogP contribution in [0.1, 0.15) is 5.56 Å². The standard InChI is InChI=1S/C18H16Cl2N4O/c19-15-5-2-6-16(20)17(15)23-7-9-24(10-8-23)18(25)22-14-4-1-3-13(11-14)12-21/h1-6,11H,7-10H2,(H,22,25). The van der Waals surface area contributed by atoms with Gasteiger partial charge in [0.05, 0.1) is 27.4 Å². The highest BCUT2D eigenvalue weighted by Gasteiger charge is 2.23. The molecule has 7 heteroatoms. The fourth-order valence-electron chi connectivity index (χ4n) is 2.79. The summed E-state index contributed by atoms with van der Waals surface area (Å²) in [7, 11) is 0. The van der Waals surface area contributed by atoms with E-state index in [1.54, 1.807) is 29.2 Å². The van der Waals surface area contributed by atoms with Crippen molar-refractivity contribution in [3.05, 3.63) is 58.1 Å². The van der Waals surface area contributed by atoms with Crippen LogP contribution in [0.2, 0.25) is 10.0 Å². The maximum atomic E-state index is 12.4. The lowest BCUT2D eigenvalue weighted by Crippen LogP contribution is -2.50. The van der Waals surface area contributed by atoms with Gasteiger partial charge in [-0.25, -0.2) is 4.79 Å². The van der Waals surface area contributed by atoms with Crippen LogP contribution in [0.15, 0.2) is 42.5 Å². The minimum absolute atomic E-state index is 0.181. The Morgan fingerprint density at radius 2 is 1.68 bits per heavy atom. The molecule has 0 saturated carbocycles. The summed E-state index contributed by atoms with van der Waals surface area (Å²) >= 11 is 12.5. The SMILES string of the molecule is N#Cc1cccc(NC(=O)N2CCN(c3c(Cl)cccc3Cl)CC2)c1. The van der Waals surface area contributed by atoms with E-state index in [9.17, 15) is 4.79 Å². The van der Waals surface area contributed by atoms with Crippen molar-refractivity contribution in [2.45, 2.75) is 0 Å². The molecule has 0 atom stereocenters. The van der Waals surface area contributed by atoms with E-state index in [4.69, 9.17) is 28.5 Å². The predicted molar refractivity (Wildman–Crippen MR) is 100 cm³/mol. The quantitative estimate of drug-likeness (QED) is 0.855. The van der Waals surface area contributed by atoms with E-state index in [-0.39, 0.29) is 6.03 Å². The first-order chi connectivity index (χ1) is 12.1. The number of nitriles is 1. The van der Waals surface area contributed by atoms with Gasteiger partial charge >= 0.3 is 6.03 Å². The van der Waals surface area contributed by atoms with E-state index >= 15 is 0 Å². The Morgan fingerprint density at radius 3 is 2.32 bits per heavy atom. The summed E-state index contributed by atoms with van der Waals surface area (Å²) in [5.41, 5.74) is 1.93. The molecule has 3 rings (SSSR count). The summed E-state index contributed by atoms with van der Waals surface area (Å²) in [4.78, 5) is 16.2. The molecule has 2 amide bonds. The van der Waals surface area contributed by atoms with Crippen LogP contribution in [0.4, 0.5) is 16.2 Å². The smallest absolute Gasteiger partial charge is 0.321 e. The second-order valence-corrected chi connectivity index (χ2v) is 6.48. The average Bonchev–Trinajstić information content (AvgIpc) is 2.62. The van der Waals surface area contributed by atoms with Gasteiger partial charge in [-0.15, -0.1) is 0 Å². The Balaban J connectivity index is 1.62. The van der Waals surface area contributed by atoms with Crippen molar-refractivity contribution < 1.29 is 4.79 Å². The van der Waals surface area contributed by atoms with Gasteiger partial charge in [-0.3, -0.25) is 0 Å². The van der Waals surface area contributed by atoms with Gasteiger partial charge in [-0.05, 0) is 30.3 Å². The van der Waals surface area contributed by atoms with Gasteiger partial charge in [0, 0.05) is 31.9 Å². The maximum Gasteiger partial charge on any atom is 0.321 e. The number of anilines is 2. The van der Waals surface area contributed by atoms with E-state index < -0.39 is 0 Å². The third-order valence-corrected chi connectivity index (χ3v) is 4.67. The van der Waals surface area contributed by atoms with Gasteiger partial charge in [0.2, 0.25) is 0 Å². The number of halogens is 2. The predicted octanol–water partition coefficient (Wildman–Crippen LogP) is 4.22. The molecule has 0 bridgehead atoms. The highest BCUT2D eigenvalue weighted by Crippen LogP contribution is 2.34. The van der Waals surface area contributed by atoms with Gasteiger partial charge in [0.25, 0.3) is 0 Å². The number of carbonyl (C=O) groups excluding carboxylic acids is 1. The topological polar surface area (TPSA) is 59.4 Å². The van der Waals surface area contributed by atoms with Crippen molar-refractivity contribution in [1.82, 2.24) is 4.90 Å². The Labute approximate surface area is 156 Å². The van der Waals surface area contributed by atoms with E-state index in [0.717, 1.165) is 5.69 Å². The second kappa shape index (κ2) is 7.64. The fourth-order valence-corrected chi connectivity index (χ4v) is 3.43. The zero-order valence-corrected chi connectivity index (χ0v) is 14.9. The number of para-hydroxylation sites is 1. The first kappa shape index (κ1) is 17.4. The van der Waals surface area contributed by atoms with Gasteiger partial charge < -0.3 is 15.1 Å². The number of rotatable bonds is 2. The van der Waals surface area contributed by atoms with Crippen molar-refractivity contribution in [1.29, 1.82) is 5.26 Å². The number of piperazine rings is 1. The average molecular weight is 375 g/mol. The first-order valence-electron chi connectivity index (χ1n) is 7.83. The zero-order chi connectivity index (χ0) is 17.8. The Hall–Kier alpha value is -2.42. The fraction of sp³-hybridized carbons (Fsp3) is 0.222. The molecule has 1 fully saturated rings. The summed E-state index contributed by atoms with van der Waals surface area (Å²) in [6.45, 7) is 2.42. The molecule has 5 nitrogen and oxygen atoms in total. The van der Waals surface area contributed by atoms with Crippen LogP contribution >= 0.6 is 23.2 Å². The van der Waals surface area contributed by atoms with Crippen LogP contribution in [0.5, 0.6) is 0 Å². The lowest BCUT2D eigenvalue weighted by molar-refractivity contribution is 0.208. The minimum atomic E-state index is -0.181. The molecule has 0 unspecified atom stereocenters. The molecule has 1 saturated heterocycles. The van der Waals surface area contributed by atoms with E-state index in [2.05, 4.69) is 16.3 Å². The van der Waals surface area contributed by atoms with Crippen LogP contribution < -0.4 is 10.2 Å². The molecule has 2 aromatic carbocycles. The highest BCUT2D eigenvalue weighted by molar-refractivity contribution is 6.39. The summed E-state index contributed by atoms with van der Waals surface area (Å²) < 4.78 is 0. The van der Waals surface area contributed by atoms with Gasteiger partial charge in [0.15, 0.2) is 0 Å². The number of amides is 2. The highest BCUT2D eigenvalue weighted by atomic mass is 35.5. The molecule has 1 N–H and O–H groups in total. The molecule has 0 radical (unpaired) electrons. The lowest BCUT2D eigenvalue weighted by atomic mass is 10.2. The normalized spacial score (nSPS) is 14.1. The van der Waals surface area contributed by atoms with Crippen LogP contribution in [0, 0.1) is 11.3 Å². The molecule has 0 spiro atoms. The zero-order valence-electron chi connectivity index (χ0n) is 13.4. The largest absolute Gasteiger partial charge is 0.366 e. The Morgan fingerprint density at radius 1 is 1.04 bits per heavy atom. The monoisotopic (exact) mass is 374 g/mol. The molecule has 1 aliphatic rings. The molecule has 2 aromatic rings. The third kappa shape index (κ3) is 3.98. The molecule has 1 heterocycles. The summed E-state index contributed by atoms with van der Waals surface area (Å²) in [5.74, 6) is 0. The molecule has 0 aliphatic carbocycles. The van der Waals surface area contributed by atoms with E-state index in [1.165, 1.54) is 0 Å². The second-order valence-electron chi connectivity index (χ2n) is 5.67. The summed E-state index contributed by atoms with van der Waals surface area (Å²) in [6.07, 6.45) is 0. The first-order valence-corrected chi connectivity index (χ1v) is 8.59. The maximum absolute atomic E-state index is 12.4. The van der Waals surface area contributed by atoms with Crippen molar-refractivity contribution in [3.63, 3.8) is 0 Å². The van der Waals surface area contributed by atoms with Gasteiger partial charge in [-0.2, -0.15) is 5.26 Å². The number of hydrogen-bond donors (Lipinski definition) is 1. The molecular weight excluding hydrogens is 359 g/mol. The van der Waals surface area contributed by atoms with E-state index in [1.807, 2.05) is 18.2 Å². The van der Waals surface area contributed by atoms with Crippen LogP contribution in [-0.2, 0) is 0 Å². The molecule has 1 aliphatic heterocycles. The van der Waals surface area contributed by atoms with Crippen molar-refractivity contribution in [3.8, 4) is 6.07 Å². The van der Waals surface area contributed by atoms with Gasteiger partial charge in [0.1, 0.15) is 0 Å². The molecular formula is C18H16Cl2N4O. The van der Waals surface area contributed by atoms with Gasteiger partial charge in [-0.1, -0.05) is 35.3 Å². The van der Waals surface area contributed by atoms with Crippen LogP contribution in [0.3, 0.4) is 0 Å². The third-order valence-electron chi connectivity index (χ3n) is 4.06. The van der Waals surface area contributed by atoms with Crippen LogP contribution in [-0.4, -0.2) is 37.1 Å². The number of urea groups is 1. The number of hydrogen-bond acceptors (Lipinski definition) is 3. The molecule has 25 heavy (non-hydrogen) atoms. The molecule has 128 valence electrons. The summed E-state index contributed by atoms with van der Waals surface area (Å²) in [6, 6.07) is 14.2. The number of carbonyl (C=O) groups is 1. The lowest BCUT2D eigenvalue weighted by Gasteiger charge is -2.36. The number of nitrogens with one attached hydrogen (secondary N) is 1. The minimum Gasteiger partial charge on any atom is -0.366 e. The van der Waals surface area contributed by atoms with Crippen LogP contribution in [0.25, 0.3) is 0 Å².